The van der Waals surface area contributed by atoms with Gasteiger partial charge in [0.25, 0.3) is 0 Å². The monoisotopic (exact) mass is 206 g/mol. The molecule has 1 rings (SSSR count). The first-order chi connectivity index (χ1) is 7.15. The highest BCUT2D eigenvalue weighted by atomic mass is 16.5. The summed E-state index contributed by atoms with van der Waals surface area (Å²) in [5.41, 5.74) is 0.857. The molecule has 1 atom stereocenters. The van der Waals surface area contributed by atoms with Crippen molar-refractivity contribution in [3.8, 4) is 0 Å². The van der Waals surface area contributed by atoms with E-state index in [1.807, 2.05) is 30.3 Å². The maximum absolute atomic E-state index is 11.4. The zero-order chi connectivity index (χ0) is 11.3. The first-order valence-electron chi connectivity index (χ1n) is 4.77. The highest BCUT2D eigenvalue weighted by Gasteiger charge is 2.20. The Labute approximate surface area is 89.1 Å². The van der Waals surface area contributed by atoms with Crippen LogP contribution in [0.4, 0.5) is 0 Å². The largest absolute Gasteiger partial charge is 0.469 e. The topological polar surface area (TPSA) is 43.4 Å². The average molecular weight is 206 g/mol. The Balaban J connectivity index is 2.84. The molecule has 3 heteroatoms. The number of ether oxygens (including phenoxy) is 1. The molecule has 15 heavy (non-hydrogen) atoms. The second-order valence-electron chi connectivity index (χ2n) is 3.35. The van der Waals surface area contributed by atoms with Crippen molar-refractivity contribution in [2.24, 2.45) is 0 Å². The molecule has 0 radical (unpaired) electrons. The van der Waals surface area contributed by atoms with Crippen molar-refractivity contribution in [1.82, 2.24) is 0 Å². The van der Waals surface area contributed by atoms with Crippen LogP contribution in [-0.2, 0) is 14.3 Å². The Morgan fingerprint density at radius 3 is 2.33 bits per heavy atom. The fraction of sp³-hybridized carbons (Fsp3) is 0.333. The van der Waals surface area contributed by atoms with E-state index in [0.717, 1.165) is 5.56 Å². The van der Waals surface area contributed by atoms with Crippen LogP contribution in [0.5, 0.6) is 0 Å². The van der Waals surface area contributed by atoms with Gasteiger partial charge in [-0.25, -0.2) is 0 Å². The van der Waals surface area contributed by atoms with E-state index < -0.39 is 5.92 Å². The summed E-state index contributed by atoms with van der Waals surface area (Å²) < 4.78 is 4.56. The van der Waals surface area contributed by atoms with Crippen LogP contribution in [0.1, 0.15) is 24.8 Å². The molecule has 1 unspecified atom stereocenters. The second-order valence-corrected chi connectivity index (χ2v) is 3.35. The number of rotatable bonds is 4. The zero-order valence-electron chi connectivity index (χ0n) is 8.90. The van der Waals surface area contributed by atoms with Gasteiger partial charge in [0.15, 0.2) is 0 Å². The van der Waals surface area contributed by atoms with Gasteiger partial charge in [-0.15, -0.1) is 0 Å². The van der Waals surface area contributed by atoms with Crippen molar-refractivity contribution in [2.45, 2.75) is 19.3 Å². The molecule has 0 fully saturated rings. The van der Waals surface area contributed by atoms with E-state index in [4.69, 9.17) is 0 Å². The van der Waals surface area contributed by atoms with Crippen LogP contribution < -0.4 is 0 Å². The fourth-order valence-corrected chi connectivity index (χ4v) is 1.43. The van der Waals surface area contributed by atoms with E-state index in [2.05, 4.69) is 4.74 Å². The lowest BCUT2D eigenvalue weighted by Gasteiger charge is -2.12. The number of ketones is 1. The van der Waals surface area contributed by atoms with Crippen LogP contribution in [-0.4, -0.2) is 18.9 Å². The molecule has 0 heterocycles. The summed E-state index contributed by atoms with van der Waals surface area (Å²) in [6.45, 7) is 1.49. The molecule has 1 aromatic carbocycles. The number of hydrogen-bond acceptors (Lipinski definition) is 3. The first kappa shape index (κ1) is 11.4. The summed E-state index contributed by atoms with van der Waals surface area (Å²) >= 11 is 0. The molecule has 0 spiro atoms. The fourth-order valence-electron chi connectivity index (χ4n) is 1.43. The minimum absolute atomic E-state index is 0.0217. The van der Waals surface area contributed by atoms with Gasteiger partial charge in [0.05, 0.1) is 19.4 Å². The predicted molar refractivity (Wildman–Crippen MR) is 56.5 cm³/mol. The highest BCUT2D eigenvalue weighted by Crippen LogP contribution is 2.20. The second kappa shape index (κ2) is 5.29. The summed E-state index contributed by atoms with van der Waals surface area (Å²) in [5, 5.41) is 0. The lowest BCUT2D eigenvalue weighted by Crippen LogP contribution is -2.15. The standard InChI is InChI=1S/C12H14O3/c1-9(13)11(8-12(14)15-2)10-6-4-3-5-7-10/h3-7,11H,8H2,1-2H3. The van der Waals surface area contributed by atoms with E-state index in [1.165, 1.54) is 14.0 Å². The lowest BCUT2D eigenvalue weighted by molar-refractivity contribution is -0.142. The molecule has 0 saturated heterocycles. The van der Waals surface area contributed by atoms with Crippen LogP contribution in [0.2, 0.25) is 0 Å². The third-order valence-corrected chi connectivity index (χ3v) is 2.29. The molecular formula is C12H14O3. The van der Waals surface area contributed by atoms with Gasteiger partial charge < -0.3 is 4.74 Å². The number of Topliss-reactive ketones (excluding diaryl/α,β-unsaturated/α-hetero) is 1. The summed E-state index contributed by atoms with van der Waals surface area (Å²) in [7, 11) is 1.32. The van der Waals surface area contributed by atoms with E-state index >= 15 is 0 Å². The van der Waals surface area contributed by atoms with E-state index in [0.29, 0.717) is 0 Å². The molecule has 3 nitrogen and oxygen atoms in total. The maximum Gasteiger partial charge on any atom is 0.306 e. The molecular weight excluding hydrogens is 192 g/mol. The molecule has 0 aliphatic carbocycles. The maximum atomic E-state index is 11.4. The molecule has 1 aromatic rings. The Bertz CT molecular complexity index is 343. The van der Waals surface area contributed by atoms with Crippen molar-refractivity contribution < 1.29 is 14.3 Å². The van der Waals surface area contributed by atoms with Crippen molar-refractivity contribution >= 4 is 11.8 Å². The number of hydrogen-bond donors (Lipinski definition) is 0. The van der Waals surface area contributed by atoms with Gasteiger partial charge in [-0.3, -0.25) is 9.59 Å². The van der Waals surface area contributed by atoms with Crippen molar-refractivity contribution in [2.75, 3.05) is 7.11 Å². The number of esters is 1. The Morgan fingerprint density at radius 2 is 1.87 bits per heavy atom. The van der Waals surface area contributed by atoms with Crippen LogP contribution in [0, 0.1) is 0 Å². The molecule has 0 N–H and O–H groups in total. The molecule has 0 bridgehead atoms. The summed E-state index contributed by atoms with van der Waals surface area (Å²) in [4.78, 5) is 22.5. The molecule has 80 valence electrons. The third kappa shape index (κ3) is 3.20. The van der Waals surface area contributed by atoms with Crippen molar-refractivity contribution in [3.05, 3.63) is 35.9 Å². The van der Waals surface area contributed by atoms with Gasteiger partial charge in [-0.05, 0) is 12.5 Å². The molecule has 0 aliphatic rings. The van der Waals surface area contributed by atoms with Crippen LogP contribution in [0.25, 0.3) is 0 Å². The molecule has 0 aromatic heterocycles. The number of methoxy groups -OCH3 is 1. The normalized spacial score (nSPS) is 11.9. The van der Waals surface area contributed by atoms with Crippen molar-refractivity contribution in [3.63, 3.8) is 0 Å². The van der Waals surface area contributed by atoms with Gasteiger partial charge in [0.2, 0.25) is 0 Å². The van der Waals surface area contributed by atoms with Crippen LogP contribution in [0.15, 0.2) is 30.3 Å². The van der Waals surface area contributed by atoms with E-state index in [1.54, 1.807) is 0 Å². The zero-order valence-corrected chi connectivity index (χ0v) is 8.90. The van der Waals surface area contributed by atoms with Gasteiger partial charge in [-0.2, -0.15) is 0 Å². The minimum Gasteiger partial charge on any atom is -0.469 e. The highest BCUT2D eigenvalue weighted by molar-refractivity contribution is 5.87. The molecule has 0 aliphatic heterocycles. The Morgan fingerprint density at radius 1 is 1.27 bits per heavy atom. The first-order valence-corrected chi connectivity index (χ1v) is 4.77. The summed E-state index contributed by atoms with van der Waals surface area (Å²) in [6, 6.07) is 9.26. The molecule has 0 amide bonds. The minimum atomic E-state index is -0.390. The lowest BCUT2D eigenvalue weighted by atomic mass is 9.92. The SMILES string of the molecule is COC(=O)CC(C(C)=O)c1ccccc1. The summed E-state index contributed by atoms with van der Waals surface area (Å²) in [6.07, 6.45) is 0.107. The Kier molecular flexibility index (Phi) is 4.03. The Hall–Kier alpha value is -1.64. The quantitative estimate of drug-likeness (QED) is 0.707. The smallest absolute Gasteiger partial charge is 0.306 e. The van der Waals surface area contributed by atoms with Gasteiger partial charge in [0.1, 0.15) is 5.78 Å². The van der Waals surface area contributed by atoms with E-state index in [9.17, 15) is 9.59 Å². The third-order valence-electron chi connectivity index (χ3n) is 2.29. The van der Waals surface area contributed by atoms with E-state index in [-0.39, 0.29) is 18.2 Å². The van der Waals surface area contributed by atoms with Crippen LogP contribution >= 0.6 is 0 Å². The molecule has 0 saturated carbocycles. The van der Waals surface area contributed by atoms with Gasteiger partial charge in [-0.1, -0.05) is 30.3 Å². The van der Waals surface area contributed by atoms with Crippen molar-refractivity contribution in [1.29, 1.82) is 0 Å². The number of benzene rings is 1. The van der Waals surface area contributed by atoms with Gasteiger partial charge >= 0.3 is 5.97 Å². The average Bonchev–Trinajstić information content (AvgIpc) is 2.26. The number of carbonyl (C=O) groups excluding carboxylic acids is 2. The van der Waals surface area contributed by atoms with Gasteiger partial charge in [0, 0.05) is 0 Å². The van der Waals surface area contributed by atoms with Crippen LogP contribution in [0.3, 0.4) is 0 Å². The number of carbonyl (C=O) groups is 2. The summed E-state index contributed by atoms with van der Waals surface area (Å²) in [5.74, 6) is -0.774. The predicted octanol–water partition coefficient (Wildman–Crippen LogP) is 1.92.